The molecule has 0 amide bonds. The van der Waals surface area contributed by atoms with Gasteiger partial charge in [-0.1, -0.05) is 43.3 Å². The van der Waals surface area contributed by atoms with Gasteiger partial charge in [0.1, 0.15) is 0 Å². The SMILES string of the molecule is C=C1CCC[C@]2(C)c3ccccc3CC[C@@H]12. The molecular formula is C16H20. The van der Waals surface area contributed by atoms with E-state index in [4.69, 9.17) is 0 Å². The number of benzene rings is 1. The standard InChI is InChI=1S/C16H20/c1-12-6-5-11-16(2)14(12)10-9-13-7-3-4-8-15(13)16/h3-4,7-8,14H,1,5-6,9-11H2,2H3/t14-,16-/m0/s1. The van der Waals surface area contributed by atoms with E-state index >= 15 is 0 Å². The molecule has 84 valence electrons. The molecule has 0 heteroatoms. The minimum Gasteiger partial charge on any atom is -0.0995 e. The van der Waals surface area contributed by atoms with Crippen molar-refractivity contribution < 1.29 is 0 Å². The van der Waals surface area contributed by atoms with Crippen LogP contribution in [0.25, 0.3) is 0 Å². The Kier molecular flexibility index (Phi) is 2.20. The van der Waals surface area contributed by atoms with E-state index in [0.717, 1.165) is 5.92 Å². The second-order valence-corrected chi connectivity index (χ2v) is 5.68. The number of hydrogen-bond acceptors (Lipinski definition) is 0. The molecule has 0 aliphatic heterocycles. The zero-order valence-corrected chi connectivity index (χ0v) is 10.1. The molecule has 1 fully saturated rings. The minimum absolute atomic E-state index is 0.379. The molecule has 2 atom stereocenters. The van der Waals surface area contributed by atoms with E-state index in [9.17, 15) is 0 Å². The lowest BCUT2D eigenvalue weighted by atomic mass is 9.57. The molecule has 16 heavy (non-hydrogen) atoms. The van der Waals surface area contributed by atoms with Crippen LogP contribution in [-0.4, -0.2) is 0 Å². The van der Waals surface area contributed by atoms with Crippen LogP contribution in [-0.2, 0) is 11.8 Å². The van der Waals surface area contributed by atoms with E-state index in [1.807, 2.05) is 0 Å². The zero-order valence-electron chi connectivity index (χ0n) is 10.1. The monoisotopic (exact) mass is 212 g/mol. The first-order valence-corrected chi connectivity index (χ1v) is 6.48. The van der Waals surface area contributed by atoms with Crippen molar-refractivity contribution >= 4 is 0 Å². The fourth-order valence-corrected chi connectivity index (χ4v) is 3.92. The molecule has 1 aromatic rings. The van der Waals surface area contributed by atoms with Gasteiger partial charge in [0.25, 0.3) is 0 Å². The molecule has 1 aromatic carbocycles. The number of aryl methyl sites for hydroxylation is 1. The van der Waals surface area contributed by atoms with Gasteiger partial charge in [0.2, 0.25) is 0 Å². The van der Waals surface area contributed by atoms with Crippen molar-refractivity contribution in [2.24, 2.45) is 5.92 Å². The van der Waals surface area contributed by atoms with Crippen molar-refractivity contribution in [1.82, 2.24) is 0 Å². The Balaban J connectivity index is 2.12. The summed E-state index contributed by atoms with van der Waals surface area (Å²) in [6, 6.07) is 9.04. The van der Waals surface area contributed by atoms with Crippen LogP contribution in [0.1, 0.15) is 43.7 Å². The number of fused-ring (bicyclic) bond motifs is 3. The second kappa shape index (κ2) is 3.48. The Hall–Kier alpha value is -1.04. The average Bonchev–Trinajstić information content (AvgIpc) is 2.29. The third-order valence-electron chi connectivity index (χ3n) is 4.79. The number of hydrogen-bond donors (Lipinski definition) is 0. The van der Waals surface area contributed by atoms with Crippen LogP contribution in [0.2, 0.25) is 0 Å². The molecule has 3 rings (SSSR count). The van der Waals surface area contributed by atoms with E-state index in [0.29, 0.717) is 5.41 Å². The predicted octanol–water partition coefficient (Wildman–Crippen LogP) is 4.25. The first kappa shape index (κ1) is 10.1. The van der Waals surface area contributed by atoms with Gasteiger partial charge < -0.3 is 0 Å². The van der Waals surface area contributed by atoms with Gasteiger partial charge in [-0.25, -0.2) is 0 Å². The van der Waals surface area contributed by atoms with Crippen molar-refractivity contribution in [2.45, 2.75) is 44.4 Å². The van der Waals surface area contributed by atoms with E-state index in [1.165, 1.54) is 37.7 Å². The Morgan fingerprint density at radius 2 is 2.06 bits per heavy atom. The van der Waals surface area contributed by atoms with Crippen molar-refractivity contribution in [1.29, 1.82) is 0 Å². The Labute approximate surface area is 98.4 Å². The van der Waals surface area contributed by atoms with Crippen molar-refractivity contribution in [3.05, 3.63) is 47.5 Å². The van der Waals surface area contributed by atoms with E-state index in [1.54, 1.807) is 11.1 Å². The summed E-state index contributed by atoms with van der Waals surface area (Å²) in [5.41, 5.74) is 5.07. The highest BCUT2D eigenvalue weighted by Crippen LogP contribution is 2.51. The minimum atomic E-state index is 0.379. The van der Waals surface area contributed by atoms with Gasteiger partial charge in [0.05, 0.1) is 0 Å². The van der Waals surface area contributed by atoms with Crippen molar-refractivity contribution in [2.75, 3.05) is 0 Å². The first-order valence-electron chi connectivity index (χ1n) is 6.48. The summed E-state index contributed by atoms with van der Waals surface area (Å²) in [5, 5.41) is 0. The molecule has 2 aliphatic rings. The zero-order chi connectivity index (χ0) is 11.2. The summed E-state index contributed by atoms with van der Waals surface area (Å²) in [6.07, 6.45) is 6.47. The van der Waals surface area contributed by atoms with Gasteiger partial charge in [0, 0.05) is 0 Å². The average molecular weight is 212 g/mol. The van der Waals surface area contributed by atoms with Crippen LogP contribution in [0.5, 0.6) is 0 Å². The van der Waals surface area contributed by atoms with Gasteiger partial charge in [-0.05, 0) is 54.6 Å². The summed E-state index contributed by atoms with van der Waals surface area (Å²) < 4.78 is 0. The molecule has 0 unspecified atom stereocenters. The second-order valence-electron chi connectivity index (χ2n) is 5.68. The molecular weight excluding hydrogens is 192 g/mol. The lowest BCUT2D eigenvalue weighted by Gasteiger charge is -2.47. The van der Waals surface area contributed by atoms with Crippen LogP contribution in [0.3, 0.4) is 0 Å². The summed E-state index contributed by atoms with van der Waals surface area (Å²) >= 11 is 0. The molecule has 0 nitrogen and oxygen atoms in total. The van der Waals surface area contributed by atoms with E-state index in [2.05, 4.69) is 37.8 Å². The maximum Gasteiger partial charge on any atom is -0.000705 e. The smallest absolute Gasteiger partial charge is 0.000705 e. The molecule has 0 bridgehead atoms. The largest absolute Gasteiger partial charge is 0.0995 e. The van der Waals surface area contributed by atoms with E-state index < -0.39 is 0 Å². The lowest BCUT2D eigenvalue weighted by molar-refractivity contribution is 0.235. The highest BCUT2D eigenvalue weighted by molar-refractivity contribution is 5.40. The molecule has 0 N–H and O–H groups in total. The Bertz CT molecular complexity index is 429. The van der Waals surface area contributed by atoms with Crippen LogP contribution in [0, 0.1) is 5.92 Å². The fourth-order valence-electron chi connectivity index (χ4n) is 3.92. The molecule has 0 radical (unpaired) electrons. The summed E-state index contributed by atoms with van der Waals surface area (Å²) in [6.45, 7) is 6.77. The molecule has 0 spiro atoms. The maximum atomic E-state index is 4.32. The first-order chi connectivity index (χ1) is 7.72. The Morgan fingerprint density at radius 3 is 2.94 bits per heavy atom. The van der Waals surface area contributed by atoms with E-state index in [-0.39, 0.29) is 0 Å². The normalized spacial score (nSPS) is 33.1. The van der Waals surface area contributed by atoms with Crippen LogP contribution >= 0.6 is 0 Å². The van der Waals surface area contributed by atoms with Gasteiger partial charge in [0.15, 0.2) is 0 Å². The van der Waals surface area contributed by atoms with Gasteiger partial charge in [-0.15, -0.1) is 0 Å². The highest BCUT2D eigenvalue weighted by Gasteiger charge is 2.42. The summed E-state index contributed by atoms with van der Waals surface area (Å²) in [7, 11) is 0. The third-order valence-corrected chi connectivity index (χ3v) is 4.79. The lowest BCUT2D eigenvalue weighted by Crippen LogP contribution is -2.40. The quantitative estimate of drug-likeness (QED) is 0.564. The molecule has 2 aliphatic carbocycles. The molecule has 0 aromatic heterocycles. The third kappa shape index (κ3) is 1.29. The van der Waals surface area contributed by atoms with Crippen LogP contribution in [0.15, 0.2) is 36.4 Å². The van der Waals surface area contributed by atoms with Crippen LogP contribution < -0.4 is 0 Å². The summed E-state index contributed by atoms with van der Waals surface area (Å²) in [5.74, 6) is 0.733. The predicted molar refractivity (Wildman–Crippen MR) is 68.6 cm³/mol. The topological polar surface area (TPSA) is 0 Å². The molecule has 0 heterocycles. The van der Waals surface area contributed by atoms with Gasteiger partial charge in [-0.3, -0.25) is 0 Å². The number of allylic oxidation sites excluding steroid dienone is 1. The molecule has 1 saturated carbocycles. The van der Waals surface area contributed by atoms with Gasteiger partial charge >= 0.3 is 0 Å². The summed E-state index contributed by atoms with van der Waals surface area (Å²) in [4.78, 5) is 0. The van der Waals surface area contributed by atoms with Gasteiger partial charge in [-0.2, -0.15) is 0 Å². The number of rotatable bonds is 0. The Morgan fingerprint density at radius 1 is 1.25 bits per heavy atom. The molecule has 0 saturated heterocycles. The maximum absolute atomic E-state index is 4.32. The van der Waals surface area contributed by atoms with Crippen molar-refractivity contribution in [3.8, 4) is 0 Å². The van der Waals surface area contributed by atoms with Crippen LogP contribution in [0.4, 0.5) is 0 Å². The fraction of sp³-hybridized carbons (Fsp3) is 0.500. The highest BCUT2D eigenvalue weighted by atomic mass is 14.5. The van der Waals surface area contributed by atoms with Crippen molar-refractivity contribution in [3.63, 3.8) is 0 Å².